The average Bonchev–Trinajstić information content (AvgIpc) is 1.99. The fraction of sp³-hybridized carbons (Fsp3) is 1.00. The normalized spacial score (nSPS) is 30.1. The molecule has 0 saturated heterocycles. The molecule has 0 spiro atoms. The molecule has 1 N–H and O–H groups in total. The highest BCUT2D eigenvalue weighted by atomic mass is 32.2. The Morgan fingerprint density at radius 3 is 2.60 bits per heavy atom. The highest BCUT2D eigenvalue weighted by Crippen LogP contribution is 2.23. The summed E-state index contributed by atoms with van der Waals surface area (Å²) in [6, 6.07) is 0.598. The van der Waals surface area contributed by atoms with Crippen molar-refractivity contribution in [3.05, 3.63) is 0 Å². The Labute approximate surface area is 93.6 Å². The molecule has 0 radical (unpaired) electrons. The molecule has 1 rings (SSSR count). The van der Waals surface area contributed by atoms with Crippen molar-refractivity contribution in [1.29, 1.82) is 0 Å². The third-order valence-corrected chi connectivity index (χ3v) is 4.11. The SMILES string of the molecule is CC1CCCC(NC(C)CS(C)(=O)=O)C1. The van der Waals surface area contributed by atoms with Gasteiger partial charge in [0.15, 0.2) is 0 Å². The van der Waals surface area contributed by atoms with Crippen LogP contribution in [0.3, 0.4) is 0 Å². The van der Waals surface area contributed by atoms with Crippen LogP contribution in [0.5, 0.6) is 0 Å². The maximum Gasteiger partial charge on any atom is 0.148 e. The van der Waals surface area contributed by atoms with Gasteiger partial charge in [-0.3, -0.25) is 0 Å². The van der Waals surface area contributed by atoms with Crippen molar-refractivity contribution in [2.24, 2.45) is 5.92 Å². The lowest BCUT2D eigenvalue weighted by molar-refractivity contribution is 0.289. The highest BCUT2D eigenvalue weighted by Gasteiger charge is 2.21. The third kappa shape index (κ3) is 5.52. The fourth-order valence-corrected chi connectivity index (χ4v) is 3.49. The molecule has 4 heteroatoms. The van der Waals surface area contributed by atoms with E-state index < -0.39 is 9.84 Å². The van der Waals surface area contributed by atoms with Crippen molar-refractivity contribution in [2.75, 3.05) is 12.0 Å². The van der Waals surface area contributed by atoms with Crippen molar-refractivity contribution in [3.63, 3.8) is 0 Å². The van der Waals surface area contributed by atoms with E-state index in [1.165, 1.54) is 31.9 Å². The Kier molecular flexibility index (Phi) is 4.59. The van der Waals surface area contributed by atoms with Crippen LogP contribution in [0.2, 0.25) is 0 Å². The molecule has 0 aromatic heterocycles. The minimum atomic E-state index is -2.85. The second kappa shape index (κ2) is 5.30. The van der Waals surface area contributed by atoms with Crippen molar-refractivity contribution in [1.82, 2.24) is 5.32 Å². The number of nitrogens with one attached hydrogen (secondary N) is 1. The van der Waals surface area contributed by atoms with Crippen LogP contribution in [0, 0.1) is 5.92 Å². The van der Waals surface area contributed by atoms with E-state index in [0.29, 0.717) is 6.04 Å². The van der Waals surface area contributed by atoms with Crippen molar-refractivity contribution < 1.29 is 8.42 Å². The average molecular weight is 233 g/mol. The van der Waals surface area contributed by atoms with Crippen LogP contribution >= 0.6 is 0 Å². The van der Waals surface area contributed by atoms with Gasteiger partial charge in [0.1, 0.15) is 9.84 Å². The molecule has 0 amide bonds. The lowest BCUT2D eigenvalue weighted by Crippen LogP contribution is -2.42. The monoisotopic (exact) mass is 233 g/mol. The molecule has 1 aliphatic carbocycles. The Hall–Kier alpha value is -0.0900. The molecule has 90 valence electrons. The van der Waals surface area contributed by atoms with E-state index in [0.717, 1.165) is 5.92 Å². The highest BCUT2D eigenvalue weighted by molar-refractivity contribution is 7.90. The molecular formula is C11H23NO2S. The lowest BCUT2D eigenvalue weighted by atomic mass is 9.87. The van der Waals surface area contributed by atoms with E-state index >= 15 is 0 Å². The summed E-state index contributed by atoms with van der Waals surface area (Å²) in [5, 5.41) is 3.43. The van der Waals surface area contributed by atoms with Gasteiger partial charge in [0.05, 0.1) is 5.75 Å². The second-order valence-electron chi connectivity index (χ2n) is 5.13. The summed E-state index contributed by atoms with van der Waals surface area (Å²) < 4.78 is 22.2. The van der Waals surface area contributed by atoms with Gasteiger partial charge in [0.25, 0.3) is 0 Å². The third-order valence-electron chi connectivity index (χ3n) is 3.01. The van der Waals surface area contributed by atoms with E-state index in [4.69, 9.17) is 0 Å². The Balaban J connectivity index is 2.34. The maximum atomic E-state index is 11.1. The molecule has 1 aliphatic rings. The topological polar surface area (TPSA) is 46.2 Å². The number of hydrogen-bond acceptors (Lipinski definition) is 3. The number of hydrogen-bond donors (Lipinski definition) is 1. The second-order valence-corrected chi connectivity index (χ2v) is 7.31. The van der Waals surface area contributed by atoms with Crippen LogP contribution < -0.4 is 5.32 Å². The van der Waals surface area contributed by atoms with Crippen molar-refractivity contribution in [2.45, 2.75) is 51.6 Å². The molecule has 1 fully saturated rings. The summed E-state index contributed by atoms with van der Waals surface area (Å²) in [5.74, 6) is 1.03. The van der Waals surface area contributed by atoms with Gasteiger partial charge in [0, 0.05) is 18.3 Å². The van der Waals surface area contributed by atoms with E-state index in [-0.39, 0.29) is 11.8 Å². The predicted molar refractivity (Wildman–Crippen MR) is 63.7 cm³/mol. The van der Waals surface area contributed by atoms with Crippen molar-refractivity contribution in [3.8, 4) is 0 Å². The molecule has 3 unspecified atom stereocenters. The number of sulfone groups is 1. The molecule has 0 aliphatic heterocycles. The summed E-state index contributed by atoms with van der Waals surface area (Å²) >= 11 is 0. The van der Waals surface area contributed by atoms with Gasteiger partial charge in [-0.2, -0.15) is 0 Å². The lowest BCUT2D eigenvalue weighted by Gasteiger charge is -2.30. The largest absolute Gasteiger partial charge is 0.310 e. The zero-order valence-corrected chi connectivity index (χ0v) is 10.8. The zero-order chi connectivity index (χ0) is 11.5. The van der Waals surface area contributed by atoms with Gasteiger partial charge in [-0.1, -0.05) is 19.8 Å². The minimum Gasteiger partial charge on any atom is -0.310 e. The van der Waals surface area contributed by atoms with Crippen LogP contribution in [0.15, 0.2) is 0 Å². The van der Waals surface area contributed by atoms with E-state index in [1.807, 2.05) is 6.92 Å². The summed E-state index contributed by atoms with van der Waals surface area (Å²) in [6.45, 7) is 4.23. The molecule has 0 aromatic rings. The summed E-state index contributed by atoms with van der Waals surface area (Å²) in [6.07, 6.45) is 6.27. The summed E-state index contributed by atoms with van der Waals surface area (Å²) in [4.78, 5) is 0. The molecule has 1 saturated carbocycles. The predicted octanol–water partition coefficient (Wildman–Crippen LogP) is 1.59. The van der Waals surface area contributed by atoms with Crippen LogP contribution in [-0.2, 0) is 9.84 Å². The van der Waals surface area contributed by atoms with Crippen molar-refractivity contribution >= 4 is 9.84 Å². The quantitative estimate of drug-likeness (QED) is 0.802. The fourth-order valence-electron chi connectivity index (χ4n) is 2.49. The zero-order valence-electron chi connectivity index (χ0n) is 9.99. The molecule has 0 heterocycles. The van der Waals surface area contributed by atoms with Crippen LogP contribution in [0.25, 0.3) is 0 Å². The Bertz CT molecular complexity index is 287. The van der Waals surface area contributed by atoms with Gasteiger partial charge in [0.2, 0.25) is 0 Å². The Morgan fingerprint density at radius 2 is 2.07 bits per heavy atom. The smallest absolute Gasteiger partial charge is 0.148 e. The van der Waals surface area contributed by atoms with Gasteiger partial charge < -0.3 is 5.32 Å². The minimum absolute atomic E-state index is 0.0790. The first-order valence-corrected chi connectivity index (χ1v) is 7.86. The molecular weight excluding hydrogens is 210 g/mol. The standard InChI is InChI=1S/C11H23NO2S/c1-9-5-4-6-11(7-9)12-10(2)8-15(3,13)14/h9-12H,4-8H2,1-3H3. The summed E-state index contributed by atoms with van der Waals surface area (Å²) in [5.41, 5.74) is 0. The van der Waals surface area contributed by atoms with Gasteiger partial charge >= 0.3 is 0 Å². The number of rotatable bonds is 4. The molecule has 3 nitrogen and oxygen atoms in total. The van der Waals surface area contributed by atoms with Gasteiger partial charge in [-0.05, 0) is 25.7 Å². The molecule has 15 heavy (non-hydrogen) atoms. The van der Waals surface area contributed by atoms with Crippen LogP contribution in [-0.4, -0.2) is 32.5 Å². The van der Waals surface area contributed by atoms with E-state index in [2.05, 4.69) is 12.2 Å². The van der Waals surface area contributed by atoms with E-state index in [9.17, 15) is 8.42 Å². The maximum absolute atomic E-state index is 11.1. The molecule has 0 bridgehead atoms. The first-order chi connectivity index (χ1) is 6.87. The van der Waals surface area contributed by atoms with Crippen LogP contribution in [0.1, 0.15) is 39.5 Å². The molecule has 0 aromatic carbocycles. The van der Waals surface area contributed by atoms with Gasteiger partial charge in [-0.25, -0.2) is 8.42 Å². The van der Waals surface area contributed by atoms with E-state index in [1.54, 1.807) is 0 Å². The first kappa shape index (κ1) is 13.0. The van der Waals surface area contributed by atoms with Crippen LogP contribution in [0.4, 0.5) is 0 Å². The van der Waals surface area contributed by atoms with Gasteiger partial charge in [-0.15, -0.1) is 0 Å². The summed E-state index contributed by atoms with van der Waals surface area (Å²) in [7, 11) is -2.85. The molecule has 3 atom stereocenters. The first-order valence-electron chi connectivity index (χ1n) is 5.80. The Morgan fingerprint density at radius 1 is 1.40 bits per heavy atom.